The van der Waals surface area contributed by atoms with E-state index in [2.05, 4.69) is 5.32 Å². The quantitative estimate of drug-likeness (QED) is 0.848. The van der Waals surface area contributed by atoms with Crippen molar-refractivity contribution in [2.75, 3.05) is 12.8 Å². The summed E-state index contributed by atoms with van der Waals surface area (Å²) in [6.07, 6.45) is 0. The molecule has 5 heteroatoms. The number of furan rings is 1. The predicted molar refractivity (Wildman–Crippen MR) is 81.5 cm³/mol. The van der Waals surface area contributed by atoms with Crippen molar-refractivity contribution < 1.29 is 13.9 Å². The molecule has 0 aliphatic rings. The first-order valence-corrected chi connectivity index (χ1v) is 6.74. The highest BCUT2D eigenvalue weighted by Gasteiger charge is 2.18. The summed E-state index contributed by atoms with van der Waals surface area (Å²) in [5.41, 5.74) is 7.64. The number of benzene rings is 1. The van der Waals surface area contributed by atoms with E-state index in [4.69, 9.17) is 14.9 Å². The number of carbonyl (C=O) groups excluding carboxylic acids is 1. The molecule has 2 rings (SSSR count). The van der Waals surface area contributed by atoms with E-state index >= 15 is 0 Å². The van der Waals surface area contributed by atoms with Gasteiger partial charge < -0.3 is 20.2 Å². The maximum Gasteiger partial charge on any atom is 0.253 e. The van der Waals surface area contributed by atoms with Gasteiger partial charge in [-0.05, 0) is 39.0 Å². The summed E-state index contributed by atoms with van der Waals surface area (Å²) in [4.78, 5) is 12.4. The molecule has 1 amide bonds. The molecular weight excluding hydrogens is 268 g/mol. The van der Waals surface area contributed by atoms with Crippen LogP contribution in [-0.2, 0) is 0 Å². The van der Waals surface area contributed by atoms with Crippen LogP contribution in [0.3, 0.4) is 0 Å². The number of carbonyl (C=O) groups is 1. The van der Waals surface area contributed by atoms with Crippen LogP contribution in [0, 0.1) is 13.8 Å². The Morgan fingerprint density at radius 1 is 1.38 bits per heavy atom. The third-order valence-corrected chi connectivity index (χ3v) is 3.42. The minimum atomic E-state index is -0.239. The van der Waals surface area contributed by atoms with Crippen molar-refractivity contribution in [1.82, 2.24) is 5.32 Å². The third kappa shape index (κ3) is 3.02. The Bertz CT molecular complexity index is 662. The summed E-state index contributed by atoms with van der Waals surface area (Å²) in [6, 6.07) is 6.89. The zero-order valence-electron chi connectivity index (χ0n) is 12.7. The maximum atomic E-state index is 12.4. The zero-order valence-corrected chi connectivity index (χ0v) is 12.7. The van der Waals surface area contributed by atoms with Gasteiger partial charge in [0.05, 0.1) is 24.4 Å². The van der Waals surface area contributed by atoms with Gasteiger partial charge in [0, 0.05) is 5.56 Å². The molecule has 0 aliphatic heterocycles. The number of hydrogen-bond acceptors (Lipinski definition) is 4. The van der Waals surface area contributed by atoms with Gasteiger partial charge in [0.15, 0.2) is 0 Å². The zero-order chi connectivity index (χ0) is 15.6. The van der Waals surface area contributed by atoms with E-state index in [0.29, 0.717) is 17.0 Å². The summed E-state index contributed by atoms with van der Waals surface area (Å²) < 4.78 is 10.6. The fourth-order valence-corrected chi connectivity index (χ4v) is 2.35. The van der Waals surface area contributed by atoms with E-state index in [1.54, 1.807) is 18.2 Å². The van der Waals surface area contributed by atoms with Crippen molar-refractivity contribution in [3.8, 4) is 5.75 Å². The molecule has 0 bridgehead atoms. The number of hydrogen-bond donors (Lipinski definition) is 2. The van der Waals surface area contributed by atoms with E-state index in [-0.39, 0.29) is 11.9 Å². The minimum absolute atomic E-state index is 0.166. The van der Waals surface area contributed by atoms with Gasteiger partial charge in [-0.3, -0.25) is 4.79 Å². The lowest BCUT2D eigenvalue weighted by molar-refractivity contribution is 0.0940. The normalized spacial score (nSPS) is 12.0. The molecule has 2 aromatic rings. The maximum absolute atomic E-state index is 12.4. The average Bonchev–Trinajstić information content (AvgIpc) is 2.78. The fourth-order valence-electron chi connectivity index (χ4n) is 2.35. The molecule has 0 saturated heterocycles. The Hall–Kier alpha value is -2.43. The van der Waals surface area contributed by atoms with E-state index in [0.717, 1.165) is 17.1 Å². The van der Waals surface area contributed by atoms with Gasteiger partial charge in [0.1, 0.15) is 17.3 Å². The molecule has 0 saturated carbocycles. The molecule has 1 unspecified atom stereocenters. The second kappa shape index (κ2) is 5.91. The second-order valence-corrected chi connectivity index (χ2v) is 4.99. The summed E-state index contributed by atoms with van der Waals surface area (Å²) in [7, 11) is 1.52. The lowest BCUT2D eigenvalue weighted by Gasteiger charge is -2.15. The summed E-state index contributed by atoms with van der Waals surface area (Å²) in [5, 5.41) is 2.92. The Labute approximate surface area is 124 Å². The smallest absolute Gasteiger partial charge is 0.253 e. The predicted octanol–water partition coefficient (Wildman–Crippen LogP) is 2.98. The standard InChI is InChI=1S/C16H20N2O3/c1-9-8-13(11(3)21-9)10(2)18-16(19)12-6-5-7-14(20-4)15(12)17/h5-8,10H,17H2,1-4H3,(H,18,19). The summed E-state index contributed by atoms with van der Waals surface area (Å²) in [5.74, 6) is 1.88. The molecule has 5 nitrogen and oxygen atoms in total. The highest BCUT2D eigenvalue weighted by molar-refractivity contribution is 6.00. The Morgan fingerprint density at radius 2 is 2.10 bits per heavy atom. The van der Waals surface area contributed by atoms with Crippen molar-refractivity contribution in [1.29, 1.82) is 0 Å². The highest BCUT2D eigenvalue weighted by atomic mass is 16.5. The van der Waals surface area contributed by atoms with Crippen LogP contribution in [0.5, 0.6) is 5.75 Å². The number of aryl methyl sites for hydroxylation is 2. The molecule has 0 fully saturated rings. The average molecular weight is 288 g/mol. The van der Waals surface area contributed by atoms with Crippen LogP contribution in [0.25, 0.3) is 0 Å². The Morgan fingerprint density at radius 3 is 2.67 bits per heavy atom. The van der Waals surface area contributed by atoms with Crippen LogP contribution >= 0.6 is 0 Å². The van der Waals surface area contributed by atoms with Gasteiger partial charge in [-0.1, -0.05) is 6.07 Å². The first-order valence-electron chi connectivity index (χ1n) is 6.74. The van der Waals surface area contributed by atoms with E-state index in [9.17, 15) is 4.79 Å². The van der Waals surface area contributed by atoms with Crippen LogP contribution in [0.1, 0.15) is 40.4 Å². The van der Waals surface area contributed by atoms with Gasteiger partial charge in [-0.2, -0.15) is 0 Å². The summed E-state index contributed by atoms with van der Waals surface area (Å²) in [6.45, 7) is 5.67. The molecule has 112 valence electrons. The van der Waals surface area contributed by atoms with Crippen molar-refractivity contribution in [3.63, 3.8) is 0 Å². The van der Waals surface area contributed by atoms with Crippen LogP contribution < -0.4 is 15.8 Å². The molecule has 1 heterocycles. The molecule has 1 aromatic carbocycles. The van der Waals surface area contributed by atoms with Gasteiger partial charge >= 0.3 is 0 Å². The monoisotopic (exact) mass is 288 g/mol. The summed E-state index contributed by atoms with van der Waals surface area (Å²) >= 11 is 0. The molecule has 0 aliphatic carbocycles. The molecule has 1 atom stereocenters. The minimum Gasteiger partial charge on any atom is -0.495 e. The second-order valence-electron chi connectivity index (χ2n) is 4.99. The van der Waals surface area contributed by atoms with Crippen molar-refractivity contribution >= 4 is 11.6 Å². The van der Waals surface area contributed by atoms with E-state index < -0.39 is 0 Å². The number of nitrogens with two attached hydrogens (primary N) is 1. The number of para-hydroxylation sites is 1. The number of nitrogens with one attached hydrogen (secondary N) is 1. The van der Waals surface area contributed by atoms with Crippen LogP contribution in [-0.4, -0.2) is 13.0 Å². The highest BCUT2D eigenvalue weighted by Crippen LogP contribution is 2.26. The third-order valence-electron chi connectivity index (χ3n) is 3.42. The van der Waals surface area contributed by atoms with E-state index in [1.165, 1.54) is 7.11 Å². The fraction of sp³-hybridized carbons (Fsp3) is 0.312. The molecule has 1 aromatic heterocycles. The lowest BCUT2D eigenvalue weighted by Crippen LogP contribution is -2.27. The van der Waals surface area contributed by atoms with Crippen LogP contribution in [0.15, 0.2) is 28.7 Å². The van der Waals surface area contributed by atoms with Gasteiger partial charge in [-0.25, -0.2) is 0 Å². The Kier molecular flexibility index (Phi) is 4.21. The number of anilines is 1. The first-order chi connectivity index (χ1) is 9.93. The van der Waals surface area contributed by atoms with Crippen molar-refractivity contribution in [3.05, 3.63) is 46.9 Å². The molecule has 0 radical (unpaired) electrons. The number of amides is 1. The number of rotatable bonds is 4. The molecule has 0 spiro atoms. The van der Waals surface area contributed by atoms with E-state index in [1.807, 2.05) is 26.8 Å². The number of methoxy groups -OCH3 is 1. The first kappa shape index (κ1) is 15.0. The topological polar surface area (TPSA) is 77.5 Å². The van der Waals surface area contributed by atoms with Gasteiger partial charge in [-0.15, -0.1) is 0 Å². The molecular formula is C16H20N2O3. The Balaban J connectivity index is 2.20. The van der Waals surface area contributed by atoms with Gasteiger partial charge in [0.25, 0.3) is 5.91 Å². The van der Waals surface area contributed by atoms with Crippen LogP contribution in [0.4, 0.5) is 5.69 Å². The molecule has 3 N–H and O–H groups in total. The molecule has 21 heavy (non-hydrogen) atoms. The number of nitrogen functional groups attached to an aromatic ring is 1. The largest absolute Gasteiger partial charge is 0.495 e. The van der Waals surface area contributed by atoms with Crippen molar-refractivity contribution in [2.24, 2.45) is 0 Å². The lowest BCUT2D eigenvalue weighted by atomic mass is 10.1. The SMILES string of the molecule is COc1cccc(C(=O)NC(C)c2cc(C)oc2C)c1N. The van der Waals surface area contributed by atoms with Gasteiger partial charge in [0.2, 0.25) is 0 Å². The van der Waals surface area contributed by atoms with Crippen molar-refractivity contribution in [2.45, 2.75) is 26.8 Å². The number of ether oxygens (including phenoxy) is 1. The van der Waals surface area contributed by atoms with Crippen LogP contribution in [0.2, 0.25) is 0 Å².